The first-order chi connectivity index (χ1) is 15.7. The van der Waals surface area contributed by atoms with Crippen molar-refractivity contribution in [2.45, 2.75) is 10.4 Å². The Morgan fingerprint density at radius 1 is 1.18 bits per heavy atom. The first-order valence-corrected chi connectivity index (χ1v) is 11.7. The molecule has 12 heteroatoms. The van der Waals surface area contributed by atoms with Gasteiger partial charge in [-0.2, -0.15) is 0 Å². The van der Waals surface area contributed by atoms with Crippen LogP contribution in [0.1, 0.15) is 20.7 Å². The van der Waals surface area contributed by atoms with Crippen molar-refractivity contribution in [3.8, 4) is 0 Å². The molecule has 1 atom stereocenters. The number of fused-ring (bicyclic) bond motifs is 1. The van der Waals surface area contributed by atoms with Crippen molar-refractivity contribution >= 4 is 55.6 Å². The molecular weight excluding hydrogens is 472 g/mol. The van der Waals surface area contributed by atoms with Gasteiger partial charge in [-0.15, -0.1) is 0 Å². The van der Waals surface area contributed by atoms with Gasteiger partial charge in [-0.1, -0.05) is 11.6 Å². The molecule has 1 unspecified atom stereocenters. The molecule has 1 aromatic heterocycles. The number of anilines is 2. The van der Waals surface area contributed by atoms with Crippen molar-refractivity contribution in [1.82, 2.24) is 10.3 Å². The van der Waals surface area contributed by atoms with Crippen LogP contribution < -0.4 is 16.4 Å². The lowest BCUT2D eigenvalue weighted by Gasteiger charge is -2.24. The first-order valence-electron chi connectivity index (χ1n) is 9.76. The summed E-state index contributed by atoms with van der Waals surface area (Å²) in [6, 6.07) is 9.94. The molecule has 172 valence electrons. The molecule has 4 rings (SSSR count). The number of morpholine rings is 1. The van der Waals surface area contributed by atoms with Gasteiger partial charge in [0.25, 0.3) is 0 Å². The van der Waals surface area contributed by atoms with Gasteiger partial charge in [-0.25, -0.2) is 18.2 Å². The molecule has 10 nitrogen and oxygen atoms in total. The Bertz CT molecular complexity index is 1370. The zero-order chi connectivity index (χ0) is 23.8. The fraction of sp³-hybridized carbons (Fsp3) is 0.190. The third-order valence-corrected chi connectivity index (χ3v) is 7.18. The van der Waals surface area contributed by atoms with E-state index in [1.165, 1.54) is 18.2 Å². The summed E-state index contributed by atoms with van der Waals surface area (Å²) in [7, 11) is -3.92. The molecule has 1 fully saturated rings. The minimum Gasteiger partial charge on any atom is -0.478 e. The highest BCUT2D eigenvalue weighted by Gasteiger charge is 2.31. The zero-order valence-corrected chi connectivity index (χ0v) is 18.6. The molecule has 0 saturated carbocycles. The number of primary amides is 1. The highest BCUT2D eigenvalue weighted by atomic mass is 35.5. The average Bonchev–Trinajstić information content (AvgIpc) is 2.79. The number of carboxylic acid groups (broad SMARTS) is 1. The van der Waals surface area contributed by atoms with E-state index in [1.807, 2.05) is 0 Å². The number of rotatable bonds is 6. The standard InChI is InChI=1S/C21H19ClN4O6S/c22-12-2-4-15-13(8-12)17(9-18(26-15)33(30,31)19-10-32-6-5-24-19)25-16-3-1-11(20(23)27)7-14(16)21(28)29/h1-4,7-9,19,24H,5-6,10H2,(H2,23,27)(H,25,26)(H,28,29). The van der Waals surface area contributed by atoms with Crippen LogP contribution in [0.2, 0.25) is 5.02 Å². The predicted octanol–water partition coefficient (Wildman–Crippen LogP) is 2.15. The summed E-state index contributed by atoms with van der Waals surface area (Å²) in [5.74, 6) is -2.07. The number of hydrogen-bond donors (Lipinski definition) is 4. The second-order valence-electron chi connectivity index (χ2n) is 7.29. The summed E-state index contributed by atoms with van der Waals surface area (Å²) in [6.07, 6.45) is 0. The number of aromatic nitrogens is 1. The smallest absolute Gasteiger partial charge is 0.337 e. The fourth-order valence-corrected chi connectivity index (χ4v) is 5.02. The van der Waals surface area contributed by atoms with Crippen LogP contribution in [-0.2, 0) is 14.6 Å². The van der Waals surface area contributed by atoms with E-state index in [4.69, 9.17) is 22.1 Å². The van der Waals surface area contributed by atoms with Crippen LogP contribution in [0.3, 0.4) is 0 Å². The Labute approximate surface area is 193 Å². The van der Waals surface area contributed by atoms with E-state index in [2.05, 4.69) is 15.6 Å². The summed E-state index contributed by atoms with van der Waals surface area (Å²) in [5.41, 5.74) is 5.80. The topological polar surface area (TPSA) is 161 Å². The average molecular weight is 491 g/mol. The summed E-state index contributed by atoms with van der Waals surface area (Å²) in [5, 5.41) is 15.2. The van der Waals surface area contributed by atoms with Crippen molar-refractivity contribution in [3.05, 3.63) is 58.6 Å². The minimum atomic E-state index is -3.92. The van der Waals surface area contributed by atoms with Gasteiger partial charge < -0.3 is 20.9 Å². The molecule has 0 radical (unpaired) electrons. The van der Waals surface area contributed by atoms with Crippen LogP contribution in [0.15, 0.2) is 47.5 Å². The quantitative estimate of drug-likeness (QED) is 0.405. The first kappa shape index (κ1) is 22.9. The Kier molecular flexibility index (Phi) is 6.21. The number of halogens is 1. The number of hydrogen-bond acceptors (Lipinski definition) is 8. The van der Waals surface area contributed by atoms with E-state index in [0.717, 1.165) is 6.07 Å². The van der Waals surface area contributed by atoms with Gasteiger partial charge >= 0.3 is 5.97 Å². The Morgan fingerprint density at radius 3 is 2.64 bits per heavy atom. The Balaban J connectivity index is 1.86. The summed E-state index contributed by atoms with van der Waals surface area (Å²) in [6.45, 7) is 0.761. The van der Waals surface area contributed by atoms with Crippen LogP contribution >= 0.6 is 11.6 Å². The normalized spacial score (nSPS) is 16.5. The molecule has 0 spiro atoms. The Hall–Kier alpha value is -3.25. The van der Waals surface area contributed by atoms with E-state index in [1.54, 1.807) is 18.2 Å². The zero-order valence-electron chi connectivity index (χ0n) is 17.0. The highest BCUT2D eigenvalue weighted by Crippen LogP contribution is 2.32. The van der Waals surface area contributed by atoms with Crippen LogP contribution in [0.5, 0.6) is 0 Å². The van der Waals surface area contributed by atoms with E-state index in [0.29, 0.717) is 29.1 Å². The third-order valence-electron chi connectivity index (χ3n) is 5.10. The maximum absolute atomic E-state index is 13.2. The SMILES string of the molecule is NC(=O)c1ccc(Nc2cc(S(=O)(=O)C3COCCN3)nc3ccc(Cl)cc23)c(C(=O)O)c1. The monoisotopic (exact) mass is 490 g/mol. The number of benzene rings is 2. The lowest BCUT2D eigenvalue weighted by Crippen LogP contribution is -2.46. The van der Waals surface area contributed by atoms with Gasteiger partial charge in [0.2, 0.25) is 15.7 Å². The van der Waals surface area contributed by atoms with Crippen LogP contribution in [-0.4, -0.2) is 55.5 Å². The second kappa shape index (κ2) is 8.94. The number of nitrogens with zero attached hydrogens (tertiary/aromatic N) is 1. The van der Waals surface area contributed by atoms with E-state index in [-0.39, 0.29) is 34.1 Å². The molecule has 1 saturated heterocycles. The lowest BCUT2D eigenvalue weighted by atomic mass is 10.1. The molecule has 1 amide bonds. The van der Waals surface area contributed by atoms with Gasteiger partial charge in [0.15, 0.2) is 5.03 Å². The molecule has 5 N–H and O–H groups in total. The maximum atomic E-state index is 13.2. The van der Waals surface area contributed by atoms with E-state index < -0.39 is 27.1 Å². The molecule has 2 heterocycles. The number of carbonyl (C=O) groups excluding carboxylic acids is 1. The van der Waals surface area contributed by atoms with Crippen molar-refractivity contribution in [3.63, 3.8) is 0 Å². The van der Waals surface area contributed by atoms with Gasteiger partial charge in [-0.3, -0.25) is 10.1 Å². The molecular formula is C21H19ClN4O6S. The number of sulfone groups is 1. The number of ether oxygens (including phenoxy) is 1. The van der Waals surface area contributed by atoms with Crippen LogP contribution in [0, 0.1) is 0 Å². The van der Waals surface area contributed by atoms with E-state index in [9.17, 15) is 23.1 Å². The number of aromatic carboxylic acids is 1. The van der Waals surface area contributed by atoms with Gasteiger partial charge in [0.05, 0.1) is 35.7 Å². The number of carbonyl (C=O) groups is 2. The highest BCUT2D eigenvalue weighted by molar-refractivity contribution is 7.92. The number of carboxylic acids is 1. The van der Waals surface area contributed by atoms with Crippen molar-refractivity contribution in [2.75, 3.05) is 25.1 Å². The van der Waals surface area contributed by atoms with Gasteiger partial charge in [-0.05, 0) is 42.5 Å². The van der Waals surface area contributed by atoms with Gasteiger partial charge in [0.1, 0.15) is 5.37 Å². The molecule has 1 aliphatic rings. The molecule has 0 aliphatic carbocycles. The summed E-state index contributed by atoms with van der Waals surface area (Å²) < 4.78 is 31.7. The number of nitrogens with two attached hydrogens (primary N) is 1. The van der Waals surface area contributed by atoms with Crippen molar-refractivity contribution in [1.29, 1.82) is 0 Å². The molecule has 33 heavy (non-hydrogen) atoms. The fourth-order valence-electron chi connectivity index (χ4n) is 3.44. The van der Waals surface area contributed by atoms with Crippen molar-refractivity contribution < 1.29 is 27.9 Å². The maximum Gasteiger partial charge on any atom is 0.337 e. The largest absolute Gasteiger partial charge is 0.478 e. The number of nitrogens with one attached hydrogen (secondary N) is 2. The van der Waals surface area contributed by atoms with Crippen molar-refractivity contribution in [2.24, 2.45) is 5.73 Å². The predicted molar refractivity (Wildman–Crippen MR) is 122 cm³/mol. The number of amides is 1. The van der Waals surface area contributed by atoms with Crippen LogP contribution in [0.25, 0.3) is 10.9 Å². The molecule has 2 aromatic carbocycles. The molecule has 3 aromatic rings. The second-order valence-corrected chi connectivity index (χ2v) is 9.80. The number of pyridine rings is 1. The molecule has 1 aliphatic heterocycles. The van der Waals surface area contributed by atoms with Crippen LogP contribution in [0.4, 0.5) is 11.4 Å². The minimum absolute atomic E-state index is 0.0206. The summed E-state index contributed by atoms with van der Waals surface area (Å²) in [4.78, 5) is 27.6. The van der Waals surface area contributed by atoms with E-state index >= 15 is 0 Å². The summed E-state index contributed by atoms with van der Waals surface area (Å²) >= 11 is 6.14. The molecule has 0 bridgehead atoms. The lowest BCUT2D eigenvalue weighted by molar-refractivity contribution is 0.0698. The Morgan fingerprint density at radius 2 is 1.97 bits per heavy atom. The van der Waals surface area contributed by atoms with Gasteiger partial charge in [0, 0.05) is 22.5 Å². The third kappa shape index (κ3) is 4.62.